The maximum atomic E-state index is 13.5. The first-order valence-electron chi connectivity index (χ1n) is 13.0. The largest absolute Gasteiger partial charge is 0.331 e. The third-order valence-corrected chi connectivity index (χ3v) is 8.81. The molecular weight excluding hydrogens is 453 g/mol. The van der Waals surface area contributed by atoms with Crippen LogP contribution in [-0.2, 0) is 11.8 Å². The molecule has 3 aliphatic carbocycles. The van der Waals surface area contributed by atoms with E-state index in [9.17, 15) is 9.18 Å². The van der Waals surface area contributed by atoms with Crippen LogP contribution < -0.4 is 10.6 Å². The van der Waals surface area contributed by atoms with E-state index < -0.39 is 0 Å². The van der Waals surface area contributed by atoms with Gasteiger partial charge in [0, 0.05) is 33.0 Å². The number of aromatic nitrogens is 2. The summed E-state index contributed by atoms with van der Waals surface area (Å²) in [6.45, 7) is 3.20. The Hall–Kier alpha value is -3.45. The Morgan fingerprint density at radius 2 is 1.94 bits per heavy atom. The topological polar surface area (TPSA) is 62.2 Å². The molecule has 7 heteroatoms. The van der Waals surface area contributed by atoms with E-state index in [1.54, 1.807) is 12.1 Å². The first kappa shape index (κ1) is 21.8. The number of nitrogens with one attached hydrogen (secondary N) is 2. The quantitative estimate of drug-likeness (QED) is 0.558. The summed E-state index contributed by atoms with van der Waals surface area (Å²) in [4.78, 5) is 15.0. The van der Waals surface area contributed by atoms with E-state index in [0.29, 0.717) is 5.92 Å². The molecule has 2 amide bonds. The molecular formula is C29H32FN5O. The Kier molecular flexibility index (Phi) is 5.03. The van der Waals surface area contributed by atoms with Crippen LogP contribution in [-0.4, -0.2) is 46.9 Å². The van der Waals surface area contributed by atoms with Gasteiger partial charge in [-0.3, -0.25) is 0 Å². The highest BCUT2D eigenvalue weighted by atomic mass is 19.1. The minimum atomic E-state index is -0.242. The third-order valence-electron chi connectivity index (χ3n) is 8.81. The van der Waals surface area contributed by atoms with E-state index in [-0.39, 0.29) is 24.7 Å². The SMILES string of the molecule is O=C(NC1C[C@H]2CCC3=Cc4c(cnn4-c4ccc(F)cc4)C[C@@]32c2ccccc21)N1CCNCC1.[HH]. The molecule has 0 bridgehead atoms. The lowest BCUT2D eigenvalue weighted by Gasteiger charge is -2.47. The Balaban J connectivity index is 0.00000252. The van der Waals surface area contributed by atoms with E-state index in [4.69, 9.17) is 5.10 Å². The number of hydrogen-bond acceptors (Lipinski definition) is 3. The Morgan fingerprint density at radius 1 is 1.14 bits per heavy atom. The van der Waals surface area contributed by atoms with Gasteiger partial charge in [-0.2, -0.15) is 5.10 Å². The van der Waals surface area contributed by atoms with Crippen molar-refractivity contribution in [2.45, 2.75) is 37.1 Å². The van der Waals surface area contributed by atoms with Crippen molar-refractivity contribution >= 4 is 12.1 Å². The number of rotatable bonds is 2. The van der Waals surface area contributed by atoms with Crippen LogP contribution in [0.4, 0.5) is 9.18 Å². The number of amides is 2. The number of urea groups is 1. The van der Waals surface area contributed by atoms with E-state index in [1.165, 1.54) is 34.4 Å². The molecule has 6 nitrogen and oxygen atoms in total. The maximum Gasteiger partial charge on any atom is 0.317 e. The zero-order valence-corrected chi connectivity index (χ0v) is 20.2. The highest BCUT2D eigenvalue weighted by Gasteiger charge is 2.54. The van der Waals surface area contributed by atoms with Crippen molar-refractivity contribution in [2.24, 2.45) is 5.92 Å². The fourth-order valence-corrected chi connectivity index (χ4v) is 7.13. The predicted molar refractivity (Wildman–Crippen MR) is 138 cm³/mol. The van der Waals surface area contributed by atoms with Gasteiger partial charge >= 0.3 is 6.03 Å². The van der Waals surface area contributed by atoms with Crippen molar-refractivity contribution in [2.75, 3.05) is 26.2 Å². The van der Waals surface area contributed by atoms with Crippen LogP contribution in [0.3, 0.4) is 0 Å². The number of hydrogen-bond donors (Lipinski definition) is 2. The second kappa shape index (κ2) is 8.30. The fourth-order valence-electron chi connectivity index (χ4n) is 7.13. The molecule has 1 aliphatic heterocycles. The monoisotopic (exact) mass is 485 g/mol. The van der Waals surface area contributed by atoms with Crippen molar-refractivity contribution in [3.05, 3.63) is 88.5 Å². The molecule has 2 N–H and O–H groups in total. The summed E-state index contributed by atoms with van der Waals surface area (Å²) < 4.78 is 15.4. The van der Waals surface area contributed by atoms with Crippen LogP contribution in [0.2, 0.25) is 0 Å². The van der Waals surface area contributed by atoms with Gasteiger partial charge in [-0.25, -0.2) is 13.9 Å². The summed E-state index contributed by atoms with van der Waals surface area (Å²) in [5, 5.41) is 11.4. The van der Waals surface area contributed by atoms with Gasteiger partial charge in [-0.05, 0) is 78.6 Å². The molecule has 2 aromatic carbocycles. The van der Waals surface area contributed by atoms with Crippen molar-refractivity contribution in [1.29, 1.82) is 0 Å². The van der Waals surface area contributed by atoms with Crippen LogP contribution >= 0.6 is 0 Å². The predicted octanol–water partition coefficient (Wildman–Crippen LogP) is 4.60. The van der Waals surface area contributed by atoms with Gasteiger partial charge in [-0.1, -0.05) is 29.8 Å². The molecule has 1 aromatic heterocycles. The van der Waals surface area contributed by atoms with Gasteiger partial charge in [0.1, 0.15) is 5.82 Å². The van der Waals surface area contributed by atoms with E-state index >= 15 is 0 Å². The molecule has 36 heavy (non-hydrogen) atoms. The highest BCUT2D eigenvalue weighted by Crippen LogP contribution is 2.60. The minimum Gasteiger partial charge on any atom is -0.331 e. The van der Waals surface area contributed by atoms with Crippen LogP contribution in [0.25, 0.3) is 11.8 Å². The number of piperazine rings is 1. The zero-order chi connectivity index (χ0) is 24.3. The lowest BCUT2D eigenvalue weighted by Crippen LogP contribution is -2.52. The van der Waals surface area contributed by atoms with Gasteiger partial charge in [0.2, 0.25) is 0 Å². The Bertz CT molecular complexity index is 1360. The van der Waals surface area contributed by atoms with E-state index in [2.05, 4.69) is 41.0 Å². The molecule has 1 unspecified atom stereocenters. The molecule has 2 fully saturated rings. The number of carbonyl (C=O) groups excluding carboxylic acids is 1. The maximum absolute atomic E-state index is 13.5. The molecule has 1 saturated heterocycles. The first-order chi connectivity index (χ1) is 17.6. The van der Waals surface area contributed by atoms with Crippen LogP contribution in [0.5, 0.6) is 0 Å². The van der Waals surface area contributed by atoms with E-state index in [0.717, 1.165) is 63.2 Å². The minimum absolute atomic E-state index is 0. The third kappa shape index (κ3) is 3.25. The molecule has 7 rings (SSSR count). The lowest BCUT2D eigenvalue weighted by molar-refractivity contribution is 0.179. The fraction of sp³-hybridized carbons (Fsp3) is 0.379. The molecule has 2 heterocycles. The molecule has 3 atom stereocenters. The van der Waals surface area contributed by atoms with E-state index in [1.807, 2.05) is 15.8 Å². The van der Waals surface area contributed by atoms with Gasteiger partial charge in [0.25, 0.3) is 0 Å². The second-order valence-electron chi connectivity index (χ2n) is 10.6. The summed E-state index contributed by atoms with van der Waals surface area (Å²) in [6.07, 6.45) is 8.35. The number of carbonyl (C=O) groups is 1. The number of halogens is 1. The normalized spacial score (nSPS) is 26.4. The molecule has 3 aromatic rings. The lowest BCUT2D eigenvalue weighted by atomic mass is 9.58. The van der Waals surface area contributed by atoms with Gasteiger partial charge in [0.15, 0.2) is 0 Å². The summed E-state index contributed by atoms with van der Waals surface area (Å²) in [7, 11) is 0. The van der Waals surface area contributed by atoms with Gasteiger partial charge in [0.05, 0.1) is 23.6 Å². The highest BCUT2D eigenvalue weighted by molar-refractivity contribution is 5.75. The molecule has 1 saturated carbocycles. The number of fused-ring (bicyclic) bond motifs is 2. The zero-order valence-electron chi connectivity index (χ0n) is 20.2. The summed E-state index contributed by atoms with van der Waals surface area (Å²) in [6, 6.07) is 15.3. The summed E-state index contributed by atoms with van der Waals surface area (Å²) in [5.41, 5.74) is 7.23. The Morgan fingerprint density at radius 3 is 2.78 bits per heavy atom. The number of benzene rings is 2. The summed E-state index contributed by atoms with van der Waals surface area (Å²) in [5.74, 6) is 0.224. The average molecular weight is 486 g/mol. The number of allylic oxidation sites excluding steroid dienone is 1. The van der Waals surface area contributed by atoms with Gasteiger partial charge < -0.3 is 15.5 Å². The van der Waals surface area contributed by atoms with Crippen molar-refractivity contribution in [3.8, 4) is 5.69 Å². The summed E-state index contributed by atoms with van der Waals surface area (Å²) >= 11 is 0. The second-order valence-corrected chi connectivity index (χ2v) is 10.6. The number of nitrogens with zero attached hydrogens (tertiary/aromatic N) is 3. The molecule has 186 valence electrons. The van der Waals surface area contributed by atoms with Crippen molar-refractivity contribution < 1.29 is 10.6 Å². The Labute approximate surface area is 211 Å². The standard InChI is InChI=1S/C29H30FN5O.H2/c30-22-7-9-23(10-8-22)35-27-16-21-6-5-20-15-26(33-28(36)34-13-11-31-12-14-34)24-3-1-2-4-25(24)29(20,21)17-19(27)18-32-35;/h1-4,7-10,16,18,20,26,31H,5-6,11-15,17H2,(H,33,36);1H/t20-,26?,29+;/m1./s1. The first-order valence-corrected chi connectivity index (χ1v) is 13.0. The van der Waals surface area contributed by atoms with Crippen LogP contribution in [0, 0.1) is 11.7 Å². The smallest absolute Gasteiger partial charge is 0.317 e. The van der Waals surface area contributed by atoms with Crippen molar-refractivity contribution in [3.63, 3.8) is 0 Å². The van der Waals surface area contributed by atoms with Crippen LogP contribution in [0.1, 0.15) is 49.1 Å². The average Bonchev–Trinajstić information content (AvgIpc) is 3.49. The van der Waals surface area contributed by atoms with Crippen LogP contribution in [0.15, 0.2) is 60.3 Å². The van der Waals surface area contributed by atoms with Gasteiger partial charge in [-0.15, -0.1) is 0 Å². The van der Waals surface area contributed by atoms with Crippen molar-refractivity contribution in [1.82, 2.24) is 25.3 Å². The molecule has 0 radical (unpaired) electrons. The molecule has 1 spiro atoms. The molecule has 4 aliphatic rings.